The van der Waals surface area contributed by atoms with Gasteiger partial charge in [-0.05, 0) is 36.2 Å². The fourth-order valence-corrected chi connectivity index (χ4v) is 3.05. The Balaban J connectivity index is 1.89. The molecule has 0 bridgehead atoms. The molecular weight excluding hydrogens is 284 g/mol. The Labute approximate surface area is 137 Å². The van der Waals surface area contributed by atoms with Gasteiger partial charge in [0, 0.05) is 42.5 Å². The predicted molar refractivity (Wildman–Crippen MR) is 91.5 cm³/mol. The van der Waals surface area contributed by atoms with E-state index in [1.165, 1.54) is 5.56 Å². The summed E-state index contributed by atoms with van der Waals surface area (Å²) in [4.78, 5) is 11.2. The van der Waals surface area contributed by atoms with Crippen molar-refractivity contribution in [1.82, 2.24) is 9.97 Å². The highest BCUT2D eigenvalue weighted by molar-refractivity contribution is 5.56. The van der Waals surface area contributed by atoms with Crippen LogP contribution in [0.15, 0.2) is 36.7 Å². The fraction of sp³-hybridized carbons (Fsp3) is 0.421. The first-order valence-electron chi connectivity index (χ1n) is 8.05. The van der Waals surface area contributed by atoms with E-state index in [4.69, 9.17) is 4.98 Å². The minimum absolute atomic E-state index is 0.0209. The fourth-order valence-electron chi connectivity index (χ4n) is 3.05. The molecule has 1 saturated heterocycles. The predicted octanol–water partition coefficient (Wildman–Crippen LogP) is 3.64. The van der Waals surface area contributed by atoms with E-state index in [2.05, 4.69) is 48.9 Å². The largest absolute Gasteiger partial charge is 0.355 e. The van der Waals surface area contributed by atoms with E-state index in [0.29, 0.717) is 11.5 Å². The molecule has 23 heavy (non-hydrogen) atoms. The number of rotatable bonds is 2. The minimum Gasteiger partial charge on any atom is -0.355 e. The average Bonchev–Trinajstić information content (AvgIpc) is 3.04. The second-order valence-corrected chi connectivity index (χ2v) is 7.14. The third-order valence-electron chi connectivity index (χ3n) is 4.43. The lowest BCUT2D eigenvalue weighted by atomic mass is 9.91. The van der Waals surface area contributed by atoms with Crippen LogP contribution >= 0.6 is 0 Å². The van der Waals surface area contributed by atoms with Crippen molar-refractivity contribution in [3.05, 3.63) is 53.5 Å². The second-order valence-electron chi connectivity index (χ2n) is 7.14. The van der Waals surface area contributed by atoms with Gasteiger partial charge in [0.15, 0.2) is 0 Å². The maximum atomic E-state index is 9.43. The third-order valence-corrected chi connectivity index (χ3v) is 4.43. The van der Waals surface area contributed by atoms with Crippen molar-refractivity contribution in [1.29, 1.82) is 5.26 Å². The van der Waals surface area contributed by atoms with Crippen molar-refractivity contribution in [2.24, 2.45) is 0 Å². The Morgan fingerprint density at radius 1 is 1.17 bits per heavy atom. The minimum atomic E-state index is -0.0209. The molecule has 1 aliphatic heterocycles. The Kier molecular flexibility index (Phi) is 4.04. The van der Waals surface area contributed by atoms with Crippen LogP contribution in [0.3, 0.4) is 0 Å². The molecule has 118 valence electrons. The van der Waals surface area contributed by atoms with Crippen LogP contribution < -0.4 is 4.90 Å². The van der Waals surface area contributed by atoms with E-state index in [1.807, 2.05) is 24.5 Å². The molecule has 0 N–H and O–H groups in total. The quantitative estimate of drug-likeness (QED) is 0.850. The molecule has 0 aromatic carbocycles. The number of hydrogen-bond donors (Lipinski definition) is 0. The maximum Gasteiger partial charge on any atom is 0.146 e. The molecule has 1 unspecified atom stereocenters. The van der Waals surface area contributed by atoms with Crippen molar-refractivity contribution in [3.63, 3.8) is 0 Å². The summed E-state index contributed by atoms with van der Waals surface area (Å²) in [5.74, 6) is 1.31. The molecule has 1 atom stereocenters. The summed E-state index contributed by atoms with van der Waals surface area (Å²) in [5.41, 5.74) is 2.98. The summed E-state index contributed by atoms with van der Waals surface area (Å²) in [6.07, 6.45) is 4.77. The lowest BCUT2D eigenvalue weighted by Gasteiger charge is -2.23. The first-order chi connectivity index (χ1) is 11.0. The highest BCUT2D eigenvalue weighted by Crippen LogP contribution is 2.32. The first-order valence-corrected chi connectivity index (χ1v) is 8.05. The van der Waals surface area contributed by atoms with Gasteiger partial charge in [0.05, 0.1) is 5.56 Å². The van der Waals surface area contributed by atoms with Crippen LogP contribution in [0.1, 0.15) is 49.9 Å². The molecule has 0 saturated carbocycles. The third kappa shape index (κ3) is 3.19. The number of anilines is 1. The van der Waals surface area contributed by atoms with Crippen LogP contribution in [0.4, 0.5) is 5.82 Å². The molecule has 1 fully saturated rings. The zero-order chi connectivity index (χ0) is 16.4. The molecule has 0 spiro atoms. The van der Waals surface area contributed by atoms with Crippen LogP contribution in [0, 0.1) is 11.3 Å². The van der Waals surface area contributed by atoms with Gasteiger partial charge in [-0.15, -0.1) is 0 Å². The van der Waals surface area contributed by atoms with Crippen LogP contribution in [-0.2, 0) is 5.41 Å². The van der Waals surface area contributed by atoms with E-state index >= 15 is 0 Å². The Morgan fingerprint density at radius 3 is 2.57 bits per heavy atom. The van der Waals surface area contributed by atoms with E-state index in [1.54, 1.807) is 0 Å². The van der Waals surface area contributed by atoms with Gasteiger partial charge in [-0.2, -0.15) is 5.26 Å². The van der Waals surface area contributed by atoms with Crippen LogP contribution in [0.25, 0.3) is 0 Å². The zero-order valence-corrected chi connectivity index (χ0v) is 14.0. The normalized spacial score (nSPS) is 18.0. The number of hydrogen-bond acceptors (Lipinski definition) is 4. The van der Waals surface area contributed by atoms with Crippen molar-refractivity contribution in [3.8, 4) is 6.07 Å². The van der Waals surface area contributed by atoms with Gasteiger partial charge in [0.2, 0.25) is 0 Å². The van der Waals surface area contributed by atoms with E-state index in [9.17, 15) is 5.26 Å². The van der Waals surface area contributed by atoms with Crippen molar-refractivity contribution in [2.75, 3.05) is 18.0 Å². The molecule has 1 aliphatic rings. The van der Waals surface area contributed by atoms with Gasteiger partial charge in [0.25, 0.3) is 0 Å². The molecule has 3 heterocycles. The standard InChI is InChI=1S/C19H22N4/c1-19(2,3)17-5-4-15(12-20)18(22-17)23-11-8-16(13-23)14-6-9-21-10-7-14/h4-7,9-10,16H,8,11,13H2,1-3H3. The summed E-state index contributed by atoms with van der Waals surface area (Å²) in [7, 11) is 0. The number of pyridine rings is 2. The summed E-state index contributed by atoms with van der Waals surface area (Å²) >= 11 is 0. The van der Waals surface area contributed by atoms with Crippen LogP contribution in [0.2, 0.25) is 0 Å². The summed E-state index contributed by atoms with van der Waals surface area (Å²) in [6.45, 7) is 8.28. The van der Waals surface area contributed by atoms with E-state index < -0.39 is 0 Å². The zero-order valence-electron chi connectivity index (χ0n) is 14.0. The van der Waals surface area contributed by atoms with Gasteiger partial charge >= 0.3 is 0 Å². The van der Waals surface area contributed by atoms with Crippen LogP contribution in [-0.4, -0.2) is 23.1 Å². The number of aromatic nitrogens is 2. The molecule has 2 aromatic heterocycles. The molecule has 3 rings (SSSR count). The second kappa shape index (κ2) is 6.00. The molecular formula is C19H22N4. The van der Waals surface area contributed by atoms with Gasteiger partial charge in [-0.25, -0.2) is 4.98 Å². The maximum absolute atomic E-state index is 9.43. The summed E-state index contributed by atoms with van der Waals surface area (Å²) in [5, 5.41) is 9.43. The van der Waals surface area contributed by atoms with Crippen molar-refractivity contribution < 1.29 is 0 Å². The lowest BCUT2D eigenvalue weighted by Crippen LogP contribution is -2.24. The number of nitriles is 1. The Hall–Kier alpha value is -2.41. The van der Waals surface area contributed by atoms with Gasteiger partial charge < -0.3 is 4.90 Å². The Bertz CT molecular complexity index is 725. The smallest absolute Gasteiger partial charge is 0.146 e. The topological polar surface area (TPSA) is 52.8 Å². The highest BCUT2D eigenvalue weighted by Gasteiger charge is 2.27. The number of nitrogens with zero attached hydrogens (tertiary/aromatic N) is 4. The molecule has 2 aromatic rings. The molecule has 4 nitrogen and oxygen atoms in total. The van der Waals surface area contributed by atoms with Gasteiger partial charge in [0.1, 0.15) is 11.9 Å². The highest BCUT2D eigenvalue weighted by atomic mass is 15.2. The first kappa shape index (κ1) is 15.5. The van der Waals surface area contributed by atoms with Crippen molar-refractivity contribution >= 4 is 5.82 Å². The average molecular weight is 306 g/mol. The monoisotopic (exact) mass is 306 g/mol. The molecule has 0 aliphatic carbocycles. The van der Waals surface area contributed by atoms with Crippen molar-refractivity contribution in [2.45, 2.75) is 38.5 Å². The molecule has 0 amide bonds. The van der Waals surface area contributed by atoms with E-state index in [0.717, 1.165) is 31.0 Å². The lowest BCUT2D eigenvalue weighted by molar-refractivity contribution is 0.568. The van der Waals surface area contributed by atoms with Gasteiger partial charge in [-0.3, -0.25) is 4.98 Å². The van der Waals surface area contributed by atoms with Crippen LogP contribution in [0.5, 0.6) is 0 Å². The van der Waals surface area contributed by atoms with Gasteiger partial charge in [-0.1, -0.05) is 20.8 Å². The summed E-state index contributed by atoms with van der Waals surface area (Å²) < 4.78 is 0. The molecule has 4 heteroatoms. The molecule has 0 radical (unpaired) electrons. The summed E-state index contributed by atoms with van der Waals surface area (Å²) in [6, 6.07) is 10.3. The van der Waals surface area contributed by atoms with E-state index in [-0.39, 0.29) is 5.41 Å². The Morgan fingerprint density at radius 2 is 1.91 bits per heavy atom. The SMILES string of the molecule is CC(C)(C)c1ccc(C#N)c(N2CCC(c3ccncc3)C2)n1.